The van der Waals surface area contributed by atoms with Gasteiger partial charge in [0.1, 0.15) is 16.9 Å². The number of aromatic nitrogens is 2. The van der Waals surface area contributed by atoms with E-state index in [1.54, 1.807) is 7.11 Å². The molecule has 0 saturated heterocycles. The molecule has 0 fully saturated rings. The Morgan fingerprint density at radius 2 is 1.41 bits per heavy atom. The monoisotopic (exact) mass is 425 g/mol. The second kappa shape index (κ2) is 7.55. The highest BCUT2D eigenvalue weighted by molar-refractivity contribution is 6.00. The minimum absolute atomic E-state index is 0.330. The van der Waals surface area contributed by atoms with Crippen molar-refractivity contribution in [1.29, 1.82) is 0 Å². The van der Waals surface area contributed by atoms with Crippen molar-refractivity contribution in [2.24, 2.45) is 5.73 Å². The number of nitrogens with one attached hydrogen (secondary N) is 3. The summed E-state index contributed by atoms with van der Waals surface area (Å²) in [6.07, 6.45) is 1.48. The Bertz CT molecular complexity index is 1200. The molecular weight excluding hydrogens is 402 g/mol. The van der Waals surface area contributed by atoms with Gasteiger partial charge in [0.25, 0.3) is 5.91 Å². The van der Waals surface area contributed by atoms with Gasteiger partial charge in [-0.05, 0) is 28.8 Å². The number of rotatable bonds is 5. The quantitative estimate of drug-likeness (QED) is 0.368. The summed E-state index contributed by atoms with van der Waals surface area (Å²) in [7, 11) is 1.63. The molecule has 0 aliphatic carbocycles. The summed E-state index contributed by atoms with van der Waals surface area (Å²) in [5, 5.41) is 6.35. The van der Waals surface area contributed by atoms with Gasteiger partial charge in [-0.3, -0.25) is 10.5 Å². The Kier molecular flexibility index (Phi) is 4.68. The number of ether oxygens (including phenoxy) is 1. The topological polar surface area (TPSA) is 105 Å². The number of amides is 1. The van der Waals surface area contributed by atoms with Gasteiger partial charge in [-0.2, -0.15) is 0 Å². The van der Waals surface area contributed by atoms with Crippen LogP contribution in [0.3, 0.4) is 0 Å². The molecule has 0 spiro atoms. The number of carbonyl (C=O) groups is 1. The van der Waals surface area contributed by atoms with Gasteiger partial charge in [0, 0.05) is 0 Å². The fourth-order valence-electron chi connectivity index (χ4n) is 4.61. The number of fused-ring (bicyclic) bond motifs is 1. The van der Waals surface area contributed by atoms with E-state index in [0.717, 1.165) is 22.4 Å². The van der Waals surface area contributed by atoms with Crippen molar-refractivity contribution in [2.45, 2.75) is 11.2 Å². The zero-order valence-electron chi connectivity index (χ0n) is 17.5. The van der Waals surface area contributed by atoms with Crippen LogP contribution in [0.2, 0.25) is 0 Å². The van der Waals surface area contributed by atoms with Gasteiger partial charge >= 0.3 is 0 Å². The Labute approximate surface area is 185 Å². The van der Waals surface area contributed by atoms with Gasteiger partial charge in [-0.25, -0.2) is 4.98 Å². The summed E-state index contributed by atoms with van der Waals surface area (Å²) in [6.45, 7) is 0. The Hall–Kier alpha value is -4.10. The van der Waals surface area contributed by atoms with E-state index >= 15 is 0 Å². The number of hydrogen-bond acceptors (Lipinski definition) is 5. The average Bonchev–Trinajstić information content (AvgIpc) is 3.30. The van der Waals surface area contributed by atoms with E-state index in [4.69, 9.17) is 10.5 Å². The predicted octanol–water partition coefficient (Wildman–Crippen LogP) is 3.22. The number of nitrogens with zero attached hydrogens (tertiary/aromatic N) is 1. The highest BCUT2D eigenvalue weighted by atomic mass is 16.5. The molecule has 160 valence electrons. The van der Waals surface area contributed by atoms with Gasteiger partial charge in [-0.1, -0.05) is 72.8 Å². The van der Waals surface area contributed by atoms with E-state index in [2.05, 4.69) is 20.6 Å². The summed E-state index contributed by atoms with van der Waals surface area (Å²) in [4.78, 5) is 20.3. The Balaban J connectivity index is 1.85. The first-order valence-corrected chi connectivity index (χ1v) is 10.3. The second-order valence-electron chi connectivity index (χ2n) is 7.72. The first kappa shape index (κ1) is 19.8. The van der Waals surface area contributed by atoms with Crippen LogP contribution in [-0.4, -0.2) is 28.8 Å². The van der Waals surface area contributed by atoms with Crippen LogP contribution >= 0.6 is 0 Å². The number of aromatic amines is 1. The van der Waals surface area contributed by atoms with Crippen molar-refractivity contribution in [3.63, 3.8) is 0 Å². The van der Waals surface area contributed by atoms with Crippen LogP contribution < -0.4 is 21.1 Å². The molecule has 1 aliphatic heterocycles. The van der Waals surface area contributed by atoms with Gasteiger partial charge in [0.05, 0.1) is 13.4 Å². The molecule has 0 radical (unpaired) electrons. The maximum atomic E-state index is 13.1. The molecule has 7 nitrogen and oxygen atoms in total. The van der Waals surface area contributed by atoms with E-state index in [9.17, 15) is 4.79 Å². The normalized spacial score (nSPS) is 17.8. The van der Waals surface area contributed by atoms with Crippen molar-refractivity contribution in [3.05, 3.63) is 114 Å². The lowest BCUT2D eigenvalue weighted by atomic mass is 9.64. The zero-order chi connectivity index (χ0) is 22.2. The number of anilines is 1. The highest BCUT2D eigenvalue weighted by Crippen LogP contribution is 2.47. The van der Waals surface area contributed by atoms with Crippen LogP contribution in [-0.2, 0) is 5.41 Å². The van der Waals surface area contributed by atoms with Crippen LogP contribution in [0.15, 0.2) is 91.3 Å². The number of hydrogen-bond donors (Lipinski definition) is 4. The van der Waals surface area contributed by atoms with Crippen LogP contribution in [0.5, 0.6) is 5.75 Å². The van der Waals surface area contributed by atoms with Crippen molar-refractivity contribution in [3.8, 4) is 5.75 Å². The second-order valence-corrected chi connectivity index (χ2v) is 7.72. The molecule has 5 rings (SSSR count). The molecular formula is C25H23N5O2. The minimum Gasteiger partial charge on any atom is -0.497 e. The lowest BCUT2D eigenvalue weighted by molar-refractivity contribution is 0.0868. The highest BCUT2D eigenvalue weighted by Gasteiger charge is 2.56. The molecule has 4 aromatic rings. The van der Waals surface area contributed by atoms with Crippen LogP contribution in [0, 0.1) is 0 Å². The Morgan fingerprint density at radius 1 is 0.844 bits per heavy atom. The number of H-pyrrole nitrogens is 1. The summed E-state index contributed by atoms with van der Waals surface area (Å²) in [5.41, 5.74) is 9.17. The fraction of sp³-hybridized carbons (Fsp3) is 0.120. The molecule has 1 atom stereocenters. The first-order chi connectivity index (χ1) is 15.6. The number of methoxy groups -OCH3 is 1. The van der Waals surface area contributed by atoms with Gasteiger partial charge in [-0.15, -0.1) is 0 Å². The molecule has 1 amide bonds. The number of carbonyl (C=O) groups excluding carboxylic acids is 1. The van der Waals surface area contributed by atoms with Crippen molar-refractivity contribution >= 4 is 11.7 Å². The van der Waals surface area contributed by atoms with E-state index in [1.807, 2.05) is 84.9 Å². The zero-order valence-corrected chi connectivity index (χ0v) is 17.5. The average molecular weight is 425 g/mol. The molecule has 1 aromatic heterocycles. The SMILES string of the molecule is COc1ccc(C(c2ccccc2)(c2ccccc2)C2(N)NC(=O)c3[nH]cnc3N2)cc1. The van der Waals surface area contributed by atoms with E-state index in [0.29, 0.717) is 11.5 Å². The molecule has 0 saturated carbocycles. The van der Waals surface area contributed by atoms with Crippen molar-refractivity contribution in [1.82, 2.24) is 15.3 Å². The number of benzene rings is 3. The first-order valence-electron chi connectivity index (χ1n) is 10.3. The molecule has 3 aromatic carbocycles. The third-order valence-corrected chi connectivity index (χ3v) is 6.02. The van der Waals surface area contributed by atoms with E-state index in [1.165, 1.54) is 6.33 Å². The van der Waals surface area contributed by atoms with Crippen molar-refractivity contribution < 1.29 is 9.53 Å². The molecule has 32 heavy (non-hydrogen) atoms. The van der Waals surface area contributed by atoms with Gasteiger partial charge in [0.15, 0.2) is 11.6 Å². The molecule has 1 aliphatic rings. The lowest BCUT2D eigenvalue weighted by Gasteiger charge is -2.51. The summed E-state index contributed by atoms with van der Waals surface area (Å²) in [6, 6.07) is 27.5. The Morgan fingerprint density at radius 3 is 1.97 bits per heavy atom. The predicted molar refractivity (Wildman–Crippen MR) is 122 cm³/mol. The maximum Gasteiger partial charge on any atom is 0.274 e. The summed E-state index contributed by atoms with van der Waals surface area (Å²) < 4.78 is 5.39. The van der Waals surface area contributed by atoms with E-state index < -0.39 is 11.2 Å². The largest absolute Gasteiger partial charge is 0.497 e. The van der Waals surface area contributed by atoms with Crippen LogP contribution in [0.4, 0.5) is 5.82 Å². The number of nitrogens with two attached hydrogens (primary N) is 1. The maximum absolute atomic E-state index is 13.1. The molecule has 1 unspecified atom stereocenters. The van der Waals surface area contributed by atoms with Gasteiger partial charge < -0.3 is 20.4 Å². The summed E-state index contributed by atoms with van der Waals surface area (Å²) >= 11 is 0. The van der Waals surface area contributed by atoms with Crippen LogP contribution in [0.25, 0.3) is 0 Å². The minimum atomic E-state index is -1.44. The standard InChI is InChI=1S/C25H23N5O2/c1-32-20-14-12-19(13-15-20)24(17-8-4-2-5-9-17,18-10-6-3-7-11-18)25(26)29-22-21(23(31)30-25)27-16-28-22/h2-16,29H,26H2,1H3,(H,27,28)(H,30,31). The molecule has 2 heterocycles. The number of imidazole rings is 1. The van der Waals surface area contributed by atoms with Crippen molar-refractivity contribution in [2.75, 3.05) is 12.4 Å². The lowest BCUT2D eigenvalue weighted by Crippen LogP contribution is -2.75. The third-order valence-electron chi connectivity index (χ3n) is 6.02. The van der Waals surface area contributed by atoms with Crippen LogP contribution in [0.1, 0.15) is 27.2 Å². The summed E-state index contributed by atoms with van der Waals surface area (Å²) in [5.74, 6) is -0.640. The molecule has 7 heteroatoms. The molecule has 0 bridgehead atoms. The fourth-order valence-corrected chi connectivity index (χ4v) is 4.61. The third kappa shape index (κ3) is 2.86. The van der Waals surface area contributed by atoms with Gasteiger partial charge in [0.2, 0.25) is 0 Å². The smallest absolute Gasteiger partial charge is 0.274 e. The molecule has 5 N–H and O–H groups in total. The van der Waals surface area contributed by atoms with E-state index in [-0.39, 0.29) is 5.91 Å².